The minimum Gasteiger partial charge on any atom is -0.495 e. The number of methoxy groups -OCH3 is 1. The normalized spacial score (nSPS) is 15.1. The van der Waals surface area contributed by atoms with Crippen molar-refractivity contribution in [3.63, 3.8) is 0 Å². The van der Waals surface area contributed by atoms with E-state index in [-0.39, 0.29) is 5.91 Å². The molecule has 0 radical (unpaired) electrons. The lowest BCUT2D eigenvalue weighted by Gasteiger charge is -2.12. The molecule has 0 unspecified atom stereocenters. The van der Waals surface area contributed by atoms with Gasteiger partial charge in [0.2, 0.25) is 5.91 Å². The van der Waals surface area contributed by atoms with Gasteiger partial charge in [0.25, 0.3) is 0 Å². The Balaban J connectivity index is 1.72. The Morgan fingerprint density at radius 3 is 2.86 bits per heavy atom. The van der Waals surface area contributed by atoms with Crippen LogP contribution in [0.15, 0.2) is 18.2 Å². The first-order chi connectivity index (χ1) is 10.2. The molecule has 5 nitrogen and oxygen atoms in total. The highest BCUT2D eigenvalue weighted by Crippen LogP contribution is 2.27. The van der Waals surface area contributed by atoms with Crippen molar-refractivity contribution < 1.29 is 14.3 Å². The van der Waals surface area contributed by atoms with E-state index in [4.69, 9.17) is 15.2 Å². The molecule has 21 heavy (non-hydrogen) atoms. The third-order valence-electron chi connectivity index (χ3n) is 3.80. The molecule has 0 bridgehead atoms. The fourth-order valence-corrected chi connectivity index (χ4v) is 2.63. The van der Waals surface area contributed by atoms with Gasteiger partial charge in [0.05, 0.1) is 25.8 Å². The molecule has 0 aliphatic heterocycles. The highest BCUT2D eigenvalue weighted by atomic mass is 16.5. The van der Waals surface area contributed by atoms with Crippen molar-refractivity contribution in [1.82, 2.24) is 0 Å². The van der Waals surface area contributed by atoms with Gasteiger partial charge in [-0.15, -0.1) is 0 Å². The van der Waals surface area contributed by atoms with Gasteiger partial charge in [0, 0.05) is 12.3 Å². The van der Waals surface area contributed by atoms with Gasteiger partial charge in [-0.3, -0.25) is 4.79 Å². The van der Waals surface area contributed by atoms with Crippen LogP contribution in [0.3, 0.4) is 0 Å². The maximum absolute atomic E-state index is 11.9. The first-order valence-corrected chi connectivity index (χ1v) is 7.50. The minimum absolute atomic E-state index is 0.0923. The second-order valence-electron chi connectivity index (χ2n) is 5.48. The largest absolute Gasteiger partial charge is 0.495 e. The van der Waals surface area contributed by atoms with Gasteiger partial charge >= 0.3 is 0 Å². The summed E-state index contributed by atoms with van der Waals surface area (Å²) >= 11 is 0. The third-order valence-corrected chi connectivity index (χ3v) is 3.80. The lowest BCUT2D eigenvalue weighted by atomic mass is 10.1. The van der Waals surface area contributed by atoms with Gasteiger partial charge in [-0.05, 0) is 37.0 Å². The average molecular weight is 292 g/mol. The topological polar surface area (TPSA) is 73.6 Å². The predicted octanol–water partition coefficient (Wildman–Crippen LogP) is 2.81. The molecule has 1 saturated carbocycles. The molecule has 1 aromatic carbocycles. The molecule has 5 heteroatoms. The van der Waals surface area contributed by atoms with Crippen molar-refractivity contribution in [2.75, 3.05) is 31.4 Å². The number of hydrogen-bond donors (Lipinski definition) is 2. The zero-order valence-electron chi connectivity index (χ0n) is 12.6. The van der Waals surface area contributed by atoms with Crippen LogP contribution >= 0.6 is 0 Å². The van der Waals surface area contributed by atoms with Gasteiger partial charge in [-0.1, -0.05) is 12.8 Å². The van der Waals surface area contributed by atoms with Crippen molar-refractivity contribution in [3.8, 4) is 5.75 Å². The van der Waals surface area contributed by atoms with Crippen molar-refractivity contribution in [2.45, 2.75) is 32.1 Å². The molecule has 116 valence electrons. The van der Waals surface area contributed by atoms with Crippen molar-refractivity contribution in [2.24, 2.45) is 5.92 Å². The van der Waals surface area contributed by atoms with Gasteiger partial charge in [0.1, 0.15) is 5.75 Å². The summed E-state index contributed by atoms with van der Waals surface area (Å²) in [7, 11) is 1.56. The number of nitrogens with one attached hydrogen (secondary N) is 1. The first kappa shape index (κ1) is 15.6. The summed E-state index contributed by atoms with van der Waals surface area (Å²) in [5, 5.41) is 2.81. The number of carbonyl (C=O) groups excluding carboxylic acids is 1. The molecule has 1 aliphatic carbocycles. The summed E-state index contributed by atoms with van der Waals surface area (Å²) in [5.74, 6) is 1.19. The van der Waals surface area contributed by atoms with Crippen molar-refractivity contribution in [3.05, 3.63) is 18.2 Å². The van der Waals surface area contributed by atoms with Crippen LogP contribution in [0.25, 0.3) is 0 Å². The van der Waals surface area contributed by atoms with E-state index in [9.17, 15) is 4.79 Å². The van der Waals surface area contributed by atoms with Crippen LogP contribution in [0.1, 0.15) is 32.1 Å². The van der Waals surface area contributed by atoms with E-state index >= 15 is 0 Å². The number of anilines is 2. The molecule has 1 aromatic rings. The quantitative estimate of drug-likeness (QED) is 0.598. The fraction of sp³-hybridized carbons (Fsp3) is 0.562. The highest BCUT2D eigenvalue weighted by molar-refractivity contribution is 5.92. The van der Waals surface area contributed by atoms with Crippen molar-refractivity contribution >= 4 is 17.3 Å². The number of nitrogens with two attached hydrogens (primary N) is 1. The van der Waals surface area contributed by atoms with E-state index in [1.165, 1.54) is 25.7 Å². The summed E-state index contributed by atoms with van der Waals surface area (Å²) in [6.45, 7) is 1.22. The Hall–Kier alpha value is -1.75. The predicted molar refractivity (Wildman–Crippen MR) is 83.4 cm³/mol. The number of hydrogen-bond acceptors (Lipinski definition) is 4. The van der Waals surface area contributed by atoms with Gasteiger partial charge in [-0.25, -0.2) is 0 Å². The standard InChI is InChI=1S/C16H24N2O3/c1-20-15-7-6-13(17)10-14(15)18-16(19)8-9-21-11-12-4-2-3-5-12/h6-7,10,12H,2-5,8-9,11,17H2,1H3,(H,18,19). The average Bonchev–Trinajstić information content (AvgIpc) is 2.97. The molecular formula is C16H24N2O3. The van der Waals surface area contributed by atoms with E-state index in [1.807, 2.05) is 0 Å². The lowest BCUT2D eigenvalue weighted by Crippen LogP contribution is -2.16. The van der Waals surface area contributed by atoms with Crippen LogP contribution in [-0.4, -0.2) is 26.2 Å². The van der Waals surface area contributed by atoms with Gasteiger partial charge in [0.15, 0.2) is 0 Å². The number of nitrogen functional groups attached to an aromatic ring is 1. The maximum Gasteiger partial charge on any atom is 0.226 e. The summed E-state index contributed by atoms with van der Waals surface area (Å²) in [4.78, 5) is 11.9. The minimum atomic E-state index is -0.0923. The van der Waals surface area contributed by atoms with Gasteiger partial charge in [-0.2, -0.15) is 0 Å². The van der Waals surface area contributed by atoms with E-state index < -0.39 is 0 Å². The smallest absolute Gasteiger partial charge is 0.226 e. The number of rotatable bonds is 7. The van der Waals surface area contributed by atoms with Crippen molar-refractivity contribution in [1.29, 1.82) is 0 Å². The van der Waals surface area contributed by atoms with Crippen LogP contribution in [0.4, 0.5) is 11.4 Å². The summed E-state index contributed by atoms with van der Waals surface area (Å²) < 4.78 is 10.8. The maximum atomic E-state index is 11.9. The molecular weight excluding hydrogens is 268 g/mol. The zero-order valence-corrected chi connectivity index (χ0v) is 12.6. The Morgan fingerprint density at radius 1 is 1.38 bits per heavy atom. The Labute approximate surface area is 125 Å². The molecule has 1 fully saturated rings. The van der Waals surface area contributed by atoms with E-state index in [2.05, 4.69) is 5.32 Å². The van der Waals surface area contributed by atoms with E-state index in [0.29, 0.717) is 36.1 Å². The van der Waals surface area contributed by atoms with Crippen LogP contribution in [0.5, 0.6) is 5.75 Å². The second-order valence-corrected chi connectivity index (χ2v) is 5.48. The molecule has 0 heterocycles. The molecule has 1 amide bonds. The summed E-state index contributed by atoms with van der Waals surface area (Å²) in [5.41, 5.74) is 6.90. The number of ether oxygens (including phenoxy) is 2. The lowest BCUT2D eigenvalue weighted by molar-refractivity contribution is -0.117. The van der Waals surface area contributed by atoms with Crippen LogP contribution < -0.4 is 15.8 Å². The number of carbonyl (C=O) groups is 1. The summed E-state index contributed by atoms with van der Waals surface area (Å²) in [6, 6.07) is 5.16. The van der Waals surface area contributed by atoms with Gasteiger partial charge < -0.3 is 20.5 Å². The monoisotopic (exact) mass is 292 g/mol. The fourth-order valence-electron chi connectivity index (χ4n) is 2.63. The Morgan fingerprint density at radius 2 is 2.14 bits per heavy atom. The number of benzene rings is 1. The summed E-state index contributed by atoms with van der Waals surface area (Å²) in [6.07, 6.45) is 5.47. The van der Waals surface area contributed by atoms with E-state index in [0.717, 1.165) is 6.61 Å². The second kappa shape index (κ2) is 7.88. The molecule has 1 aliphatic rings. The molecule has 0 spiro atoms. The molecule has 3 N–H and O–H groups in total. The number of amides is 1. The van der Waals surface area contributed by atoms with Crippen LogP contribution in [0.2, 0.25) is 0 Å². The molecule has 0 aromatic heterocycles. The molecule has 0 atom stereocenters. The van der Waals surface area contributed by atoms with E-state index in [1.54, 1.807) is 25.3 Å². The highest BCUT2D eigenvalue weighted by Gasteiger charge is 2.15. The van der Waals surface area contributed by atoms with Crippen LogP contribution in [-0.2, 0) is 9.53 Å². The first-order valence-electron chi connectivity index (χ1n) is 7.50. The Bertz CT molecular complexity index is 471. The molecule has 0 saturated heterocycles. The molecule has 2 rings (SSSR count). The zero-order chi connectivity index (χ0) is 15.1. The Kier molecular flexibility index (Phi) is 5.87. The SMILES string of the molecule is COc1ccc(N)cc1NC(=O)CCOCC1CCCC1. The third kappa shape index (κ3) is 4.93. The van der Waals surface area contributed by atoms with Crippen LogP contribution in [0, 0.1) is 5.92 Å².